The van der Waals surface area contributed by atoms with E-state index in [2.05, 4.69) is 11.8 Å². The first-order valence-corrected chi connectivity index (χ1v) is 5.65. The molecular formula is C11H17NO2. The van der Waals surface area contributed by atoms with Gasteiger partial charge >= 0.3 is 5.97 Å². The van der Waals surface area contributed by atoms with Gasteiger partial charge in [0.25, 0.3) is 0 Å². The standard InChI is InChI=1S/C11H17NO2/c1-6-2-8(3-6)12-5-7-4-9(12)10(7)11(13)14/h6-10H,2-5H2,1H3,(H,13,14). The molecule has 2 heterocycles. The molecule has 4 rings (SSSR count). The summed E-state index contributed by atoms with van der Waals surface area (Å²) in [7, 11) is 0. The molecule has 2 aliphatic carbocycles. The highest BCUT2D eigenvalue weighted by Crippen LogP contribution is 2.50. The molecule has 3 nitrogen and oxygen atoms in total. The summed E-state index contributed by atoms with van der Waals surface area (Å²) in [6.45, 7) is 3.34. The minimum atomic E-state index is -0.568. The van der Waals surface area contributed by atoms with E-state index in [1.165, 1.54) is 12.8 Å². The van der Waals surface area contributed by atoms with Crippen LogP contribution in [0.5, 0.6) is 0 Å². The van der Waals surface area contributed by atoms with Gasteiger partial charge in [0.05, 0.1) is 5.92 Å². The summed E-state index contributed by atoms with van der Waals surface area (Å²) in [6, 6.07) is 1.10. The Morgan fingerprint density at radius 1 is 1.36 bits per heavy atom. The van der Waals surface area contributed by atoms with E-state index in [0.29, 0.717) is 18.0 Å². The highest BCUT2D eigenvalue weighted by atomic mass is 16.4. The van der Waals surface area contributed by atoms with Gasteiger partial charge in [0.2, 0.25) is 0 Å². The van der Waals surface area contributed by atoms with Crippen LogP contribution in [-0.4, -0.2) is 34.6 Å². The molecule has 0 radical (unpaired) electrons. The Balaban J connectivity index is 1.66. The Kier molecular flexibility index (Phi) is 1.69. The number of rotatable bonds is 2. The first-order chi connectivity index (χ1) is 6.66. The molecule has 0 amide bonds. The van der Waals surface area contributed by atoms with E-state index in [1.807, 2.05) is 0 Å². The molecule has 3 unspecified atom stereocenters. The average molecular weight is 195 g/mol. The zero-order valence-electron chi connectivity index (χ0n) is 8.52. The van der Waals surface area contributed by atoms with E-state index < -0.39 is 5.97 Å². The molecule has 2 aliphatic heterocycles. The zero-order valence-corrected chi connectivity index (χ0v) is 8.52. The first kappa shape index (κ1) is 8.72. The Morgan fingerprint density at radius 2 is 2.07 bits per heavy atom. The lowest BCUT2D eigenvalue weighted by atomic mass is 9.73. The van der Waals surface area contributed by atoms with Crippen LogP contribution < -0.4 is 0 Å². The summed E-state index contributed by atoms with van der Waals surface area (Å²) in [5.74, 6) is 0.724. The molecule has 78 valence electrons. The number of carboxylic acids is 1. The summed E-state index contributed by atoms with van der Waals surface area (Å²) in [5, 5.41) is 9.03. The molecule has 2 saturated carbocycles. The quantitative estimate of drug-likeness (QED) is 0.719. The third kappa shape index (κ3) is 0.991. The smallest absolute Gasteiger partial charge is 0.308 e. The third-order valence-electron chi connectivity index (χ3n) is 4.44. The minimum absolute atomic E-state index is 0.0362. The summed E-state index contributed by atoms with van der Waals surface area (Å²) < 4.78 is 0. The van der Waals surface area contributed by atoms with Crippen LogP contribution in [-0.2, 0) is 4.79 Å². The largest absolute Gasteiger partial charge is 0.481 e. The van der Waals surface area contributed by atoms with Gasteiger partial charge in [0.15, 0.2) is 0 Å². The van der Waals surface area contributed by atoms with Crippen molar-refractivity contribution in [2.75, 3.05) is 6.54 Å². The van der Waals surface area contributed by atoms with E-state index in [0.717, 1.165) is 18.9 Å². The number of nitrogens with zero attached hydrogens (tertiary/aromatic N) is 1. The van der Waals surface area contributed by atoms with E-state index in [4.69, 9.17) is 5.11 Å². The van der Waals surface area contributed by atoms with Crippen LogP contribution in [0.4, 0.5) is 0 Å². The maximum atomic E-state index is 11.0. The van der Waals surface area contributed by atoms with Crippen LogP contribution in [0.2, 0.25) is 0 Å². The average Bonchev–Trinajstić information content (AvgIpc) is 2.52. The summed E-state index contributed by atoms with van der Waals surface area (Å²) >= 11 is 0. The Bertz CT molecular complexity index is 272. The fourth-order valence-electron chi connectivity index (χ4n) is 3.57. The van der Waals surface area contributed by atoms with Crippen LogP contribution >= 0.6 is 0 Å². The molecule has 3 heteroatoms. The highest BCUT2D eigenvalue weighted by molar-refractivity contribution is 5.73. The molecule has 0 aromatic rings. The SMILES string of the molecule is CC1CC(N2CC3CC2C3C(=O)O)C1. The molecule has 0 aromatic carbocycles. The van der Waals surface area contributed by atoms with Crippen molar-refractivity contribution in [3.63, 3.8) is 0 Å². The van der Waals surface area contributed by atoms with E-state index in [1.54, 1.807) is 0 Å². The van der Waals surface area contributed by atoms with Gasteiger partial charge < -0.3 is 5.11 Å². The van der Waals surface area contributed by atoms with Crippen molar-refractivity contribution in [3.05, 3.63) is 0 Å². The van der Waals surface area contributed by atoms with E-state index in [9.17, 15) is 4.79 Å². The first-order valence-electron chi connectivity index (χ1n) is 5.65. The molecule has 4 aliphatic rings. The number of aliphatic carboxylic acids is 1. The molecule has 2 bridgehead atoms. The maximum absolute atomic E-state index is 11.0. The molecule has 2 saturated heterocycles. The van der Waals surface area contributed by atoms with Crippen molar-refractivity contribution in [2.45, 2.75) is 38.3 Å². The maximum Gasteiger partial charge on any atom is 0.308 e. The summed E-state index contributed by atoms with van der Waals surface area (Å²) in [4.78, 5) is 13.4. The Hall–Kier alpha value is -0.570. The Morgan fingerprint density at radius 3 is 2.57 bits per heavy atom. The zero-order chi connectivity index (χ0) is 9.87. The second-order valence-electron chi connectivity index (χ2n) is 5.35. The number of hydrogen-bond acceptors (Lipinski definition) is 2. The fourth-order valence-corrected chi connectivity index (χ4v) is 3.57. The van der Waals surface area contributed by atoms with Crippen molar-refractivity contribution >= 4 is 5.97 Å². The monoisotopic (exact) mass is 195 g/mol. The van der Waals surface area contributed by atoms with Gasteiger partial charge in [-0.25, -0.2) is 0 Å². The third-order valence-corrected chi connectivity index (χ3v) is 4.44. The van der Waals surface area contributed by atoms with Crippen molar-refractivity contribution in [2.24, 2.45) is 17.8 Å². The highest BCUT2D eigenvalue weighted by Gasteiger charge is 2.57. The van der Waals surface area contributed by atoms with Gasteiger partial charge in [0.1, 0.15) is 0 Å². The van der Waals surface area contributed by atoms with Crippen LogP contribution in [0.15, 0.2) is 0 Å². The second kappa shape index (κ2) is 2.72. The van der Waals surface area contributed by atoms with Crippen molar-refractivity contribution in [1.29, 1.82) is 0 Å². The predicted octanol–water partition coefficient (Wildman–Crippen LogP) is 1.19. The summed E-state index contributed by atoms with van der Waals surface area (Å²) in [5.41, 5.74) is 0. The van der Waals surface area contributed by atoms with Crippen LogP contribution in [0.25, 0.3) is 0 Å². The van der Waals surface area contributed by atoms with Crippen LogP contribution in [0, 0.1) is 17.8 Å². The van der Waals surface area contributed by atoms with E-state index in [-0.39, 0.29) is 5.92 Å². The number of fused-ring (bicyclic) bond motifs is 1. The molecule has 4 fully saturated rings. The Labute approximate surface area is 84.1 Å². The lowest BCUT2D eigenvalue weighted by Crippen LogP contribution is -2.49. The molecule has 1 N–H and O–H groups in total. The van der Waals surface area contributed by atoms with Crippen molar-refractivity contribution < 1.29 is 9.90 Å². The van der Waals surface area contributed by atoms with Gasteiger partial charge in [-0.3, -0.25) is 9.69 Å². The van der Waals surface area contributed by atoms with Gasteiger partial charge in [0, 0.05) is 18.6 Å². The molecule has 0 aromatic heterocycles. The van der Waals surface area contributed by atoms with Crippen molar-refractivity contribution in [1.82, 2.24) is 4.90 Å². The molecule has 14 heavy (non-hydrogen) atoms. The number of carboxylic acid groups (broad SMARTS) is 1. The van der Waals surface area contributed by atoms with Gasteiger partial charge in [-0.2, -0.15) is 0 Å². The van der Waals surface area contributed by atoms with E-state index >= 15 is 0 Å². The predicted molar refractivity (Wildman–Crippen MR) is 51.9 cm³/mol. The lowest BCUT2D eigenvalue weighted by molar-refractivity contribution is -0.148. The number of hydrogen-bond donors (Lipinski definition) is 1. The van der Waals surface area contributed by atoms with Crippen LogP contribution in [0.1, 0.15) is 26.2 Å². The fraction of sp³-hybridized carbons (Fsp3) is 0.909. The number of carbonyl (C=O) groups is 1. The molecular weight excluding hydrogens is 178 g/mol. The molecule has 3 atom stereocenters. The summed E-state index contributed by atoms with van der Waals surface area (Å²) in [6.07, 6.45) is 3.72. The lowest BCUT2D eigenvalue weighted by Gasteiger charge is -2.43. The van der Waals surface area contributed by atoms with Gasteiger partial charge in [-0.05, 0) is 31.1 Å². The topological polar surface area (TPSA) is 40.5 Å². The van der Waals surface area contributed by atoms with Gasteiger partial charge in [-0.15, -0.1) is 0 Å². The molecule has 0 spiro atoms. The second-order valence-corrected chi connectivity index (χ2v) is 5.35. The normalized spacial score (nSPS) is 51.1. The van der Waals surface area contributed by atoms with Gasteiger partial charge in [-0.1, -0.05) is 6.92 Å². The van der Waals surface area contributed by atoms with Crippen molar-refractivity contribution in [3.8, 4) is 0 Å². The van der Waals surface area contributed by atoms with Crippen LogP contribution in [0.3, 0.4) is 0 Å². The minimum Gasteiger partial charge on any atom is -0.481 e.